The first-order valence-corrected chi connectivity index (χ1v) is 10.2. The molecule has 0 bridgehead atoms. The number of piperazine rings is 1. The SMILES string of the molecule is CN1CCN(C2(CNC(=O)c3ccc(-n4cnnc4)nc3)CCCCC2)CC1. The number of carbonyl (C=O) groups excluding carboxylic acids is 1. The number of pyridine rings is 1. The molecule has 8 heteroatoms. The van der Waals surface area contributed by atoms with Gasteiger partial charge in [-0.3, -0.25) is 14.3 Å². The van der Waals surface area contributed by atoms with Crippen LogP contribution in [0.25, 0.3) is 5.82 Å². The molecule has 0 unspecified atom stereocenters. The molecule has 1 amide bonds. The van der Waals surface area contributed by atoms with E-state index in [4.69, 9.17) is 0 Å². The molecular formula is C20H29N7O. The lowest BCUT2D eigenvalue weighted by atomic mass is 9.79. The summed E-state index contributed by atoms with van der Waals surface area (Å²) in [5.74, 6) is 0.643. The van der Waals surface area contributed by atoms with Crippen LogP contribution in [0.1, 0.15) is 42.5 Å². The minimum absolute atomic E-state index is 0.0538. The lowest BCUT2D eigenvalue weighted by molar-refractivity contribution is 0.0138. The predicted molar refractivity (Wildman–Crippen MR) is 106 cm³/mol. The molecule has 2 aromatic rings. The summed E-state index contributed by atoms with van der Waals surface area (Å²) in [7, 11) is 2.18. The van der Waals surface area contributed by atoms with Crippen LogP contribution in [0.4, 0.5) is 0 Å². The standard InChI is InChI=1S/C20H29N7O/c1-25-9-11-27(12-10-25)20(7-3-2-4-8-20)14-22-19(28)17-5-6-18(21-13-17)26-15-23-24-16-26/h5-6,13,15-16H,2-4,7-12,14H2,1H3,(H,22,28). The Hall–Kier alpha value is -2.32. The van der Waals surface area contributed by atoms with Crippen molar-refractivity contribution in [1.29, 1.82) is 0 Å². The summed E-state index contributed by atoms with van der Waals surface area (Å²) in [6.07, 6.45) is 10.9. The molecule has 8 nitrogen and oxygen atoms in total. The van der Waals surface area contributed by atoms with Crippen LogP contribution in [-0.4, -0.2) is 80.8 Å². The third-order valence-electron chi connectivity index (χ3n) is 6.23. The van der Waals surface area contributed by atoms with Gasteiger partial charge in [0.2, 0.25) is 0 Å². The minimum Gasteiger partial charge on any atom is -0.350 e. The average molecular weight is 384 g/mol. The average Bonchev–Trinajstić information content (AvgIpc) is 3.28. The summed E-state index contributed by atoms with van der Waals surface area (Å²) in [6.45, 7) is 5.08. The first-order valence-electron chi connectivity index (χ1n) is 10.2. The van der Waals surface area contributed by atoms with Gasteiger partial charge in [-0.05, 0) is 32.0 Å². The fraction of sp³-hybridized carbons (Fsp3) is 0.600. The zero-order valence-corrected chi connectivity index (χ0v) is 16.5. The first kappa shape index (κ1) is 19.0. The van der Waals surface area contributed by atoms with Gasteiger partial charge in [-0.15, -0.1) is 10.2 Å². The predicted octanol–water partition coefficient (Wildman–Crippen LogP) is 1.34. The van der Waals surface area contributed by atoms with Crippen LogP contribution >= 0.6 is 0 Å². The molecular weight excluding hydrogens is 354 g/mol. The van der Waals surface area contributed by atoms with Gasteiger partial charge in [0.1, 0.15) is 18.5 Å². The smallest absolute Gasteiger partial charge is 0.252 e. The second-order valence-corrected chi connectivity index (χ2v) is 8.03. The highest BCUT2D eigenvalue weighted by Crippen LogP contribution is 2.34. The molecule has 150 valence electrons. The van der Waals surface area contributed by atoms with Gasteiger partial charge in [-0.25, -0.2) is 4.98 Å². The highest BCUT2D eigenvalue weighted by atomic mass is 16.1. The summed E-state index contributed by atoms with van der Waals surface area (Å²) in [5, 5.41) is 10.8. The monoisotopic (exact) mass is 383 g/mol. The number of aromatic nitrogens is 4. The van der Waals surface area contributed by atoms with E-state index in [9.17, 15) is 4.79 Å². The van der Waals surface area contributed by atoms with Gasteiger partial charge < -0.3 is 10.2 Å². The van der Waals surface area contributed by atoms with Crippen molar-refractivity contribution in [2.75, 3.05) is 39.8 Å². The molecule has 1 aliphatic heterocycles. The Morgan fingerprint density at radius 1 is 1.07 bits per heavy atom. The zero-order chi connectivity index (χ0) is 19.4. The van der Waals surface area contributed by atoms with Crippen LogP contribution in [0.3, 0.4) is 0 Å². The van der Waals surface area contributed by atoms with Crippen molar-refractivity contribution in [3.05, 3.63) is 36.5 Å². The van der Waals surface area contributed by atoms with Crippen LogP contribution in [0.5, 0.6) is 0 Å². The second-order valence-electron chi connectivity index (χ2n) is 8.03. The molecule has 0 radical (unpaired) electrons. The third-order valence-corrected chi connectivity index (χ3v) is 6.23. The Balaban J connectivity index is 1.41. The van der Waals surface area contributed by atoms with Crippen LogP contribution in [0.2, 0.25) is 0 Å². The molecule has 0 aromatic carbocycles. The molecule has 2 aliphatic rings. The number of nitrogens with zero attached hydrogens (tertiary/aromatic N) is 6. The van der Waals surface area contributed by atoms with Gasteiger partial charge in [0.25, 0.3) is 5.91 Å². The fourth-order valence-electron chi connectivity index (χ4n) is 4.43. The van der Waals surface area contributed by atoms with Crippen molar-refractivity contribution in [1.82, 2.24) is 34.9 Å². The van der Waals surface area contributed by atoms with Gasteiger partial charge in [0.15, 0.2) is 0 Å². The maximum Gasteiger partial charge on any atom is 0.252 e. The molecule has 1 N–H and O–H groups in total. The lowest BCUT2D eigenvalue weighted by Gasteiger charge is -2.49. The number of rotatable bonds is 5. The van der Waals surface area contributed by atoms with Gasteiger partial charge in [-0.2, -0.15) is 0 Å². The fourth-order valence-corrected chi connectivity index (χ4v) is 4.43. The maximum absolute atomic E-state index is 12.8. The van der Waals surface area contributed by atoms with Crippen molar-refractivity contribution in [2.45, 2.75) is 37.6 Å². The van der Waals surface area contributed by atoms with Crippen molar-refractivity contribution < 1.29 is 4.79 Å². The first-order chi connectivity index (χ1) is 13.7. The number of hydrogen-bond donors (Lipinski definition) is 1. The number of hydrogen-bond acceptors (Lipinski definition) is 6. The van der Waals surface area contributed by atoms with Gasteiger partial charge in [0, 0.05) is 44.5 Å². The van der Waals surface area contributed by atoms with Gasteiger partial charge >= 0.3 is 0 Å². The maximum atomic E-state index is 12.8. The van der Waals surface area contributed by atoms with E-state index >= 15 is 0 Å². The Bertz CT molecular complexity index is 760. The van der Waals surface area contributed by atoms with E-state index in [1.165, 1.54) is 32.1 Å². The van der Waals surface area contributed by atoms with Crippen molar-refractivity contribution >= 4 is 5.91 Å². The van der Waals surface area contributed by atoms with E-state index in [0.717, 1.165) is 26.2 Å². The van der Waals surface area contributed by atoms with E-state index in [0.29, 0.717) is 17.9 Å². The van der Waals surface area contributed by atoms with Crippen LogP contribution in [-0.2, 0) is 0 Å². The normalized spacial score (nSPS) is 20.8. The number of nitrogens with one attached hydrogen (secondary N) is 1. The van der Waals surface area contributed by atoms with Crippen LogP contribution < -0.4 is 5.32 Å². The molecule has 1 saturated carbocycles. The molecule has 2 aromatic heterocycles. The third kappa shape index (κ3) is 4.07. The quantitative estimate of drug-likeness (QED) is 0.840. The molecule has 1 saturated heterocycles. The highest BCUT2D eigenvalue weighted by Gasteiger charge is 2.39. The summed E-state index contributed by atoms with van der Waals surface area (Å²) in [5.41, 5.74) is 0.687. The van der Waals surface area contributed by atoms with Crippen molar-refractivity contribution in [3.63, 3.8) is 0 Å². The Kier molecular flexibility index (Phi) is 5.68. The summed E-state index contributed by atoms with van der Waals surface area (Å²) in [4.78, 5) is 22.1. The summed E-state index contributed by atoms with van der Waals surface area (Å²) in [6, 6.07) is 3.62. The number of amides is 1. The zero-order valence-electron chi connectivity index (χ0n) is 16.5. The van der Waals surface area contributed by atoms with Gasteiger partial charge in [0.05, 0.1) is 5.56 Å². The number of carbonyl (C=O) groups is 1. The second kappa shape index (κ2) is 8.36. The molecule has 4 rings (SSSR count). The van der Waals surface area contributed by atoms with E-state index in [1.54, 1.807) is 29.5 Å². The largest absolute Gasteiger partial charge is 0.350 e. The van der Waals surface area contributed by atoms with Crippen LogP contribution in [0.15, 0.2) is 31.0 Å². The number of likely N-dealkylation sites (N-methyl/N-ethyl adjacent to an activating group) is 1. The topological polar surface area (TPSA) is 79.2 Å². The van der Waals surface area contributed by atoms with E-state index in [1.807, 2.05) is 6.07 Å². The molecule has 28 heavy (non-hydrogen) atoms. The Morgan fingerprint density at radius 2 is 1.79 bits per heavy atom. The van der Waals surface area contributed by atoms with E-state index in [-0.39, 0.29) is 11.4 Å². The van der Waals surface area contributed by atoms with Crippen molar-refractivity contribution in [3.8, 4) is 5.82 Å². The molecule has 1 aliphatic carbocycles. The summed E-state index contributed by atoms with van der Waals surface area (Å²) < 4.78 is 1.71. The minimum atomic E-state index is -0.0538. The summed E-state index contributed by atoms with van der Waals surface area (Å²) >= 11 is 0. The Morgan fingerprint density at radius 3 is 2.43 bits per heavy atom. The van der Waals surface area contributed by atoms with E-state index < -0.39 is 0 Å². The molecule has 2 fully saturated rings. The van der Waals surface area contributed by atoms with E-state index in [2.05, 4.69) is 37.3 Å². The lowest BCUT2D eigenvalue weighted by Crippen LogP contribution is -2.61. The van der Waals surface area contributed by atoms with Crippen LogP contribution in [0, 0.1) is 0 Å². The van der Waals surface area contributed by atoms with Gasteiger partial charge in [-0.1, -0.05) is 19.3 Å². The molecule has 0 spiro atoms. The molecule has 0 atom stereocenters. The molecule has 3 heterocycles. The Labute approximate surface area is 165 Å². The van der Waals surface area contributed by atoms with Crippen molar-refractivity contribution in [2.24, 2.45) is 0 Å². The highest BCUT2D eigenvalue weighted by molar-refractivity contribution is 5.94.